The number of ether oxygens (including phenoxy) is 1. The van der Waals surface area contributed by atoms with E-state index in [2.05, 4.69) is 10.3 Å². The number of rotatable bonds is 6. The molecule has 8 heteroatoms. The molecule has 164 valence electrons. The van der Waals surface area contributed by atoms with Gasteiger partial charge < -0.3 is 9.15 Å². The first-order valence-corrected chi connectivity index (χ1v) is 11.5. The van der Waals surface area contributed by atoms with E-state index in [0.717, 1.165) is 33.2 Å². The Morgan fingerprint density at radius 1 is 1.28 bits per heavy atom. The Balaban J connectivity index is 1.84. The van der Waals surface area contributed by atoms with Gasteiger partial charge in [-0.15, -0.1) is 11.3 Å². The number of aromatic nitrogens is 1. The lowest BCUT2D eigenvalue weighted by Gasteiger charge is -2.15. The smallest absolute Gasteiger partial charge is 0.250 e. The minimum absolute atomic E-state index is 0.259. The maximum Gasteiger partial charge on any atom is 0.250 e. The highest BCUT2D eigenvalue weighted by molar-refractivity contribution is 7.13. The van der Waals surface area contributed by atoms with Crippen molar-refractivity contribution >= 4 is 62.1 Å². The molecular weight excluding hydrogens is 467 g/mol. The van der Waals surface area contributed by atoms with Crippen LogP contribution in [0.1, 0.15) is 25.0 Å². The Morgan fingerprint density at radius 2 is 2.09 bits per heavy atom. The van der Waals surface area contributed by atoms with E-state index in [1.54, 1.807) is 36.0 Å². The number of carbonyl (C=O) groups excluding carboxylic acids is 1. The maximum atomic E-state index is 12.5. The summed E-state index contributed by atoms with van der Waals surface area (Å²) in [5, 5.41) is 7.09. The first-order chi connectivity index (χ1) is 15.4. The third-order valence-electron chi connectivity index (χ3n) is 4.99. The molecule has 0 saturated carbocycles. The fourth-order valence-electron chi connectivity index (χ4n) is 3.56. The number of nitrogens with zero attached hydrogens (tertiary/aromatic N) is 1. The molecule has 2 aromatic carbocycles. The number of hydrogen-bond acceptors (Lipinski definition) is 5. The molecule has 0 atom stereocenters. The van der Waals surface area contributed by atoms with E-state index in [0.29, 0.717) is 33.1 Å². The Labute approximate surface area is 199 Å². The zero-order chi connectivity index (χ0) is 22.8. The molecule has 1 N–H and O–H groups in total. The molecule has 0 unspecified atom stereocenters. The van der Waals surface area contributed by atoms with Crippen molar-refractivity contribution in [1.82, 2.24) is 4.98 Å². The van der Waals surface area contributed by atoms with Crippen molar-refractivity contribution in [2.75, 3.05) is 11.9 Å². The summed E-state index contributed by atoms with van der Waals surface area (Å²) in [5.74, 6) is 0.421. The minimum atomic E-state index is -0.259. The maximum absolute atomic E-state index is 12.5. The topological polar surface area (TPSA) is 64.4 Å². The molecule has 0 fully saturated rings. The van der Waals surface area contributed by atoms with Gasteiger partial charge in [0.05, 0.1) is 17.9 Å². The van der Waals surface area contributed by atoms with Crippen molar-refractivity contribution in [3.05, 3.63) is 69.4 Å². The van der Waals surface area contributed by atoms with Crippen LogP contribution in [0.3, 0.4) is 0 Å². The van der Waals surface area contributed by atoms with Crippen molar-refractivity contribution in [3.63, 3.8) is 0 Å². The second-order valence-electron chi connectivity index (χ2n) is 7.12. The van der Waals surface area contributed by atoms with Crippen LogP contribution in [0.25, 0.3) is 27.7 Å². The average Bonchev–Trinajstić information content (AvgIpc) is 3.40. The SMILES string of the molecule is CCOc1c(/C(C)=C/C(=O)Nc2nccs2)cc2c(-c3ccc(Cl)cc3Cl)coc2c1C. The average molecular weight is 487 g/mol. The number of aryl methyl sites for hydroxylation is 1. The molecule has 0 aliphatic carbocycles. The fourth-order valence-corrected chi connectivity index (χ4v) is 4.60. The molecule has 0 aliphatic heterocycles. The van der Waals surface area contributed by atoms with E-state index in [9.17, 15) is 4.79 Å². The summed E-state index contributed by atoms with van der Waals surface area (Å²) >= 11 is 13.9. The fraction of sp³-hybridized carbons (Fsp3) is 0.167. The summed E-state index contributed by atoms with van der Waals surface area (Å²) in [4.78, 5) is 16.6. The molecule has 4 aromatic rings. The molecular formula is C24H20Cl2N2O3S. The largest absolute Gasteiger partial charge is 0.493 e. The van der Waals surface area contributed by atoms with Crippen LogP contribution in [-0.2, 0) is 4.79 Å². The van der Waals surface area contributed by atoms with Gasteiger partial charge in [-0.1, -0.05) is 29.3 Å². The molecule has 5 nitrogen and oxygen atoms in total. The number of carbonyl (C=O) groups is 1. The number of fused-ring (bicyclic) bond motifs is 1. The van der Waals surface area contributed by atoms with Crippen LogP contribution in [0.4, 0.5) is 5.13 Å². The van der Waals surface area contributed by atoms with Gasteiger partial charge in [0.1, 0.15) is 11.3 Å². The van der Waals surface area contributed by atoms with Crippen molar-refractivity contribution in [3.8, 4) is 16.9 Å². The second-order valence-corrected chi connectivity index (χ2v) is 8.85. The molecule has 2 heterocycles. The lowest BCUT2D eigenvalue weighted by Crippen LogP contribution is -2.08. The Morgan fingerprint density at radius 3 is 2.78 bits per heavy atom. The summed E-state index contributed by atoms with van der Waals surface area (Å²) in [6.45, 7) is 6.22. The summed E-state index contributed by atoms with van der Waals surface area (Å²) < 4.78 is 11.9. The van der Waals surface area contributed by atoms with Crippen LogP contribution in [0, 0.1) is 6.92 Å². The summed E-state index contributed by atoms with van der Waals surface area (Å²) in [6, 6.07) is 7.33. The van der Waals surface area contributed by atoms with Crippen molar-refractivity contribution in [2.45, 2.75) is 20.8 Å². The number of amides is 1. The van der Waals surface area contributed by atoms with E-state index in [4.69, 9.17) is 32.4 Å². The molecule has 0 aliphatic rings. The van der Waals surface area contributed by atoms with Gasteiger partial charge in [0.2, 0.25) is 5.91 Å². The van der Waals surface area contributed by atoms with E-state index in [1.165, 1.54) is 11.3 Å². The van der Waals surface area contributed by atoms with Crippen LogP contribution >= 0.6 is 34.5 Å². The minimum Gasteiger partial charge on any atom is -0.493 e. The van der Waals surface area contributed by atoms with E-state index >= 15 is 0 Å². The number of thiazole rings is 1. The quantitative estimate of drug-likeness (QED) is 0.284. The van der Waals surface area contributed by atoms with Crippen molar-refractivity contribution in [2.24, 2.45) is 0 Å². The Bertz CT molecular complexity index is 1330. The first-order valence-electron chi connectivity index (χ1n) is 9.91. The molecule has 0 saturated heterocycles. The lowest BCUT2D eigenvalue weighted by atomic mass is 9.96. The highest BCUT2D eigenvalue weighted by atomic mass is 35.5. The lowest BCUT2D eigenvalue weighted by molar-refractivity contribution is -0.111. The van der Waals surface area contributed by atoms with Crippen LogP contribution in [0.2, 0.25) is 10.0 Å². The normalized spacial score (nSPS) is 11.7. The van der Waals surface area contributed by atoms with Crippen LogP contribution < -0.4 is 10.1 Å². The molecule has 0 bridgehead atoms. The number of benzene rings is 2. The Hall–Kier alpha value is -2.80. The highest BCUT2D eigenvalue weighted by Crippen LogP contribution is 2.42. The van der Waals surface area contributed by atoms with E-state index in [1.807, 2.05) is 32.9 Å². The molecule has 1 amide bonds. The van der Waals surface area contributed by atoms with Crippen molar-refractivity contribution < 1.29 is 13.9 Å². The monoisotopic (exact) mass is 486 g/mol. The van der Waals surface area contributed by atoms with Gasteiger partial charge in [0.25, 0.3) is 0 Å². The predicted octanol–water partition coefficient (Wildman–Crippen LogP) is 7.61. The zero-order valence-corrected chi connectivity index (χ0v) is 20.0. The summed E-state index contributed by atoms with van der Waals surface area (Å²) in [5.41, 5.74) is 4.77. The zero-order valence-electron chi connectivity index (χ0n) is 17.7. The van der Waals surface area contributed by atoms with Gasteiger partial charge in [-0.05, 0) is 44.5 Å². The Kier molecular flexibility index (Phi) is 6.55. The number of furan rings is 1. The van der Waals surface area contributed by atoms with Crippen LogP contribution in [0.5, 0.6) is 5.75 Å². The molecule has 0 spiro atoms. The number of anilines is 1. The van der Waals surface area contributed by atoms with Gasteiger partial charge >= 0.3 is 0 Å². The van der Waals surface area contributed by atoms with Gasteiger partial charge in [0, 0.05) is 50.3 Å². The summed E-state index contributed by atoms with van der Waals surface area (Å²) in [6.07, 6.45) is 4.86. The van der Waals surface area contributed by atoms with E-state index < -0.39 is 0 Å². The van der Waals surface area contributed by atoms with Gasteiger partial charge in [-0.2, -0.15) is 0 Å². The van der Waals surface area contributed by atoms with Gasteiger partial charge in [0.15, 0.2) is 5.13 Å². The number of allylic oxidation sites excluding steroid dienone is 1. The third kappa shape index (κ3) is 4.39. The van der Waals surface area contributed by atoms with Crippen LogP contribution in [-0.4, -0.2) is 17.5 Å². The number of nitrogens with one attached hydrogen (secondary N) is 1. The third-order valence-corrected chi connectivity index (χ3v) is 6.23. The molecule has 0 radical (unpaired) electrons. The highest BCUT2D eigenvalue weighted by Gasteiger charge is 2.20. The van der Waals surface area contributed by atoms with Crippen LogP contribution in [0.15, 0.2) is 52.6 Å². The van der Waals surface area contributed by atoms with Gasteiger partial charge in [-0.25, -0.2) is 4.98 Å². The number of hydrogen-bond donors (Lipinski definition) is 1. The predicted molar refractivity (Wildman–Crippen MR) is 132 cm³/mol. The second kappa shape index (κ2) is 9.36. The van der Waals surface area contributed by atoms with E-state index in [-0.39, 0.29) is 5.91 Å². The molecule has 32 heavy (non-hydrogen) atoms. The molecule has 4 rings (SSSR count). The number of halogens is 2. The first kappa shape index (κ1) is 22.4. The van der Waals surface area contributed by atoms with Gasteiger partial charge in [-0.3, -0.25) is 10.1 Å². The molecule has 2 aromatic heterocycles. The standard InChI is InChI=1S/C24H20Cl2N2O3S/c1-4-30-22-14(3)23-18(19(12-31-23)16-6-5-15(25)10-20(16)26)11-17(22)13(2)9-21(29)28-24-27-7-8-32-24/h5-12H,4H2,1-3H3,(H,27,28,29)/b13-9+. The van der Waals surface area contributed by atoms with Crippen molar-refractivity contribution in [1.29, 1.82) is 0 Å². The summed E-state index contributed by atoms with van der Waals surface area (Å²) in [7, 11) is 0.